The van der Waals surface area contributed by atoms with E-state index in [0.29, 0.717) is 12.3 Å². The first-order valence-corrected chi connectivity index (χ1v) is 6.47. The Morgan fingerprint density at radius 3 is 2.18 bits per heavy atom. The predicted octanol–water partition coefficient (Wildman–Crippen LogP) is 2.95. The van der Waals surface area contributed by atoms with Crippen LogP contribution in [0, 0.1) is 0 Å². The van der Waals surface area contributed by atoms with E-state index in [9.17, 15) is 4.79 Å². The number of carbonyl (C=O) groups excluding carboxylic acids is 1. The van der Waals surface area contributed by atoms with Gasteiger partial charge < -0.3 is 5.32 Å². The smallest absolute Gasteiger partial charge is 0.221 e. The van der Waals surface area contributed by atoms with E-state index < -0.39 is 0 Å². The zero-order valence-corrected chi connectivity index (χ0v) is 10.5. The van der Waals surface area contributed by atoms with Gasteiger partial charge in [-0.05, 0) is 43.7 Å². The lowest BCUT2D eigenvalue weighted by Gasteiger charge is -2.26. The van der Waals surface area contributed by atoms with Crippen LogP contribution in [0.3, 0.4) is 0 Å². The van der Waals surface area contributed by atoms with E-state index in [1.54, 1.807) is 0 Å². The minimum absolute atomic E-state index is 0.113. The lowest BCUT2D eigenvalue weighted by atomic mass is 9.83. The Hall–Kier alpha value is -1.31. The second kappa shape index (κ2) is 3.59. The van der Waals surface area contributed by atoms with E-state index in [2.05, 4.69) is 43.4 Å². The molecule has 1 aliphatic heterocycles. The molecule has 2 fully saturated rings. The Bertz CT molecular complexity index is 442. The maximum absolute atomic E-state index is 11.5. The Morgan fingerprint density at radius 2 is 1.71 bits per heavy atom. The van der Waals surface area contributed by atoms with E-state index in [1.165, 1.54) is 24.0 Å². The highest BCUT2D eigenvalue weighted by Crippen LogP contribution is 2.41. The molecule has 1 aromatic rings. The average molecular weight is 229 g/mol. The van der Waals surface area contributed by atoms with Gasteiger partial charge in [-0.2, -0.15) is 0 Å². The maximum Gasteiger partial charge on any atom is 0.221 e. The third-order valence-corrected chi connectivity index (χ3v) is 4.11. The van der Waals surface area contributed by atoms with Gasteiger partial charge in [-0.1, -0.05) is 24.3 Å². The van der Waals surface area contributed by atoms with Crippen molar-refractivity contribution in [3.8, 4) is 0 Å². The van der Waals surface area contributed by atoms with Crippen LogP contribution in [0.4, 0.5) is 0 Å². The molecule has 0 radical (unpaired) electrons. The Kier molecular flexibility index (Phi) is 2.29. The second-order valence-electron chi connectivity index (χ2n) is 5.97. The van der Waals surface area contributed by atoms with E-state index >= 15 is 0 Å². The van der Waals surface area contributed by atoms with Crippen molar-refractivity contribution in [2.75, 3.05) is 0 Å². The fourth-order valence-electron chi connectivity index (χ4n) is 2.89. The molecule has 2 aliphatic rings. The molecule has 1 atom stereocenters. The summed E-state index contributed by atoms with van der Waals surface area (Å²) in [6.45, 7) is 4.22. The zero-order chi connectivity index (χ0) is 12.0. The highest BCUT2D eigenvalue weighted by atomic mass is 16.2. The summed E-state index contributed by atoms with van der Waals surface area (Å²) in [5, 5.41) is 3.05. The van der Waals surface area contributed by atoms with E-state index in [4.69, 9.17) is 0 Å². The summed E-state index contributed by atoms with van der Waals surface area (Å²) in [5.74, 6) is 1.29. The van der Waals surface area contributed by atoms with Crippen LogP contribution < -0.4 is 5.32 Å². The molecule has 0 bridgehead atoms. The summed E-state index contributed by atoms with van der Waals surface area (Å²) in [4.78, 5) is 11.5. The van der Waals surface area contributed by atoms with Crippen molar-refractivity contribution in [3.05, 3.63) is 35.4 Å². The van der Waals surface area contributed by atoms with Crippen LogP contribution in [0.15, 0.2) is 24.3 Å². The molecule has 90 valence electrons. The average Bonchev–Trinajstić information content (AvgIpc) is 3.05. The first-order valence-electron chi connectivity index (χ1n) is 6.47. The second-order valence-corrected chi connectivity index (χ2v) is 5.97. The summed E-state index contributed by atoms with van der Waals surface area (Å²) >= 11 is 0. The van der Waals surface area contributed by atoms with Crippen molar-refractivity contribution in [1.82, 2.24) is 5.32 Å². The molecule has 1 aliphatic carbocycles. The zero-order valence-electron chi connectivity index (χ0n) is 10.5. The molecule has 1 saturated carbocycles. The van der Waals surface area contributed by atoms with Gasteiger partial charge in [0.1, 0.15) is 0 Å². The fraction of sp³-hybridized carbons (Fsp3) is 0.533. The van der Waals surface area contributed by atoms with Crippen molar-refractivity contribution >= 4 is 5.91 Å². The SMILES string of the molecule is CC1(C)NC(=O)CC1c1ccc(C2CC2)cc1. The first kappa shape index (κ1) is 10.8. The number of carbonyl (C=O) groups is 1. The predicted molar refractivity (Wildman–Crippen MR) is 68.0 cm³/mol. The van der Waals surface area contributed by atoms with Gasteiger partial charge in [0.15, 0.2) is 0 Å². The summed E-state index contributed by atoms with van der Waals surface area (Å²) in [6, 6.07) is 8.90. The molecule has 2 heteroatoms. The van der Waals surface area contributed by atoms with Crippen LogP contribution in [0.25, 0.3) is 0 Å². The molecule has 1 unspecified atom stereocenters. The van der Waals surface area contributed by atoms with Crippen molar-refractivity contribution < 1.29 is 4.79 Å². The molecule has 1 amide bonds. The minimum Gasteiger partial charge on any atom is -0.351 e. The molecule has 1 aromatic carbocycles. The lowest BCUT2D eigenvalue weighted by Crippen LogP contribution is -2.38. The Morgan fingerprint density at radius 1 is 1.12 bits per heavy atom. The van der Waals surface area contributed by atoms with Crippen LogP contribution in [0.5, 0.6) is 0 Å². The number of amides is 1. The summed E-state index contributed by atoms with van der Waals surface area (Å²) in [6.07, 6.45) is 3.30. The monoisotopic (exact) mass is 229 g/mol. The molecular formula is C15H19NO. The Balaban J connectivity index is 1.85. The lowest BCUT2D eigenvalue weighted by molar-refractivity contribution is -0.119. The van der Waals surface area contributed by atoms with Gasteiger partial charge in [0.25, 0.3) is 0 Å². The van der Waals surface area contributed by atoms with Gasteiger partial charge in [0, 0.05) is 17.9 Å². The molecule has 1 saturated heterocycles. The van der Waals surface area contributed by atoms with Crippen LogP contribution >= 0.6 is 0 Å². The maximum atomic E-state index is 11.5. The van der Waals surface area contributed by atoms with Crippen LogP contribution in [-0.2, 0) is 4.79 Å². The highest BCUT2D eigenvalue weighted by molar-refractivity contribution is 5.81. The summed E-state index contributed by atoms with van der Waals surface area (Å²) < 4.78 is 0. The fourth-order valence-corrected chi connectivity index (χ4v) is 2.89. The van der Waals surface area contributed by atoms with Crippen LogP contribution in [0.2, 0.25) is 0 Å². The summed E-state index contributed by atoms with van der Waals surface area (Å²) in [7, 11) is 0. The van der Waals surface area contributed by atoms with Gasteiger partial charge in [0.05, 0.1) is 0 Å². The molecule has 17 heavy (non-hydrogen) atoms. The highest BCUT2D eigenvalue weighted by Gasteiger charge is 2.39. The first-order chi connectivity index (χ1) is 8.06. The standard InChI is InChI=1S/C15H19NO/c1-15(2)13(9-14(17)16-15)12-7-5-11(6-8-12)10-3-4-10/h5-8,10,13H,3-4,9H2,1-2H3,(H,16,17). The molecule has 0 spiro atoms. The third kappa shape index (κ3) is 1.97. The van der Waals surface area contributed by atoms with Crippen molar-refractivity contribution in [2.24, 2.45) is 0 Å². The van der Waals surface area contributed by atoms with Gasteiger partial charge in [0.2, 0.25) is 5.91 Å². The Labute approximate surface area is 102 Å². The quantitative estimate of drug-likeness (QED) is 0.830. The van der Waals surface area contributed by atoms with Crippen LogP contribution in [-0.4, -0.2) is 11.4 Å². The normalized spacial score (nSPS) is 26.9. The molecular weight excluding hydrogens is 210 g/mol. The van der Waals surface area contributed by atoms with E-state index in [-0.39, 0.29) is 11.4 Å². The molecule has 0 aromatic heterocycles. The van der Waals surface area contributed by atoms with Gasteiger partial charge >= 0.3 is 0 Å². The number of hydrogen-bond donors (Lipinski definition) is 1. The summed E-state index contributed by atoms with van der Waals surface area (Å²) in [5.41, 5.74) is 2.64. The topological polar surface area (TPSA) is 29.1 Å². The largest absolute Gasteiger partial charge is 0.351 e. The van der Waals surface area contributed by atoms with Crippen molar-refractivity contribution in [2.45, 2.75) is 50.5 Å². The number of nitrogens with one attached hydrogen (secondary N) is 1. The molecule has 2 nitrogen and oxygen atoms in total. The molecule has 3 rings (SSSR count). The van der Waals surface area contributed by atoms with Gasteiger partial charge in [-0.15, -0.1) is 0 Å². The third-order valence-electron chi connectivity index (χ3n) is 4.11. The number of benzene rings is 1. The van der Waals surface area contributed by atoms with Crippen molar-refractivity contribution in [1.29, 1.82) is 0 Å². The number of hydrogen-bond acceptors (Lipinski definition) is 1. The molecule has 1 heterocycles. The minimum atomic E-state index is -0.113. The van der Waals surface area contributed by atoms with E-state index in [0.717, 1.165) is 5.92 Å². The molecule has 1 N–H and O–H groups in total. The van der Waals surface area contributed by atoms with Gasteiger partial charge in [-0.3, -0.25) is 4.79 Å². The van der Waals surface area contributed by atoms with Crippen LogP contribution in [0.1, 0.15) is 56.1 Å². The van der Waals surface area contributed by atoms with E-state index in [1.807, 2.05) is 0 Å². The van der Waals surface area contributed by atoms with Gasteiger partial charge in [-0.25, -0.2) is 0 Å². The number of rotatable bonds is 2. The van der Waals surface area contributed by atoms with Crippen molar-refractivity contribution in [3.63, 3.8) is 0 Å².